The van der Waals surface area contributed by atoms with Crippen molar-refractivity contribution in [2.75, 3.05) is 0 Å². The summed E-state index contributed by atoms with van der Waals surface area (Å²) >= 11 is 3.43. The smallest absolute Gasteiger partial charge is 0.124 e. The van der Waals surface area contributed by atoms with Crippen LogP contribution in [0.3, 0.4) is 0 Å². The third-order valence-corrected chi connectivity index (χ3v) is 3.26. The predicted octanol–water partition coefficient (Wildman–Crippen LogP) is 3.75. The van der Waals surface area contributed by atoms with Crippen molar-refractivity contribution < 1.29 is 9.84 Å². The molecule has 0 spiro atoms. The molecule has 0 bridgehead atoms. The highest BCUT2D eigenvalue weighted by Gasteiger charge is 2.09. The van der Waals surface area contributed by atoms with E-state index >= 15 is 0 Å². The molecule has 0 unspecified atom stereocenters. The largest absolute Gasteiger partial charge is 0.508 e. The predicted molar refractivity (Wildman–Crippen MR) is 79.2 cm³/mol. The van der Waals surface area contributed by atoms with Crippen LogP contribution in [0.4, 0.5) is 0 Å². The van der Waals surface area contributed by atoms with Gasteiger partial charge in [0.2, 0.25) is 0 Å². The van der Waals surface area contributed by atoms with E-state index in [9.17, 15) is 5.11 Å². The van der Waals surface area contributed by atoms with Crippen LogP contribution in [0.1, 0.15) is 24.1 Å². The Morgan fingerprint density at radius 1 is 1.26 bits per heavy atom. The number of halogens is 1. The van der Waals surface area contributed by atoms with E-state index < -0.39 is 0 Å². The monoisotopic (exact) mass is 321 g/mol. The summed E-state index contributed by atoms with van der Waals surface area (Å²) in [7, 11) is 0. The van der Waals surface area contributed by atoms with Crippen LogP contribution in [0.2, 0.25) is 0 Å². The molecule has 0 fully saturated rings. The second-order valence-corrected chi connectivity index (χ2v) is 5.35. The number of nitrogens with two attached hydrogens (primary N) is 1. The third kappa shape index (κ3) is 3.72. The zero-order chi connectivity index (χ0) is 13.8. The van der Waals surface area contributed by atoms with Crippen LogP contribution >= 0.6 is 15.9 Å². The highest BCUT2D eigenvalue weighted by atomic mass is 79.9. The molecule has 1 atom stereocenters. The van der Waals surface area contributed by atoms with E-state index in [-0.39, 0.29) is 11.8 Å². The molecule has 2 aromatic rings. The lowest BCUT2D eigenvalue weighted by atomic mass is 10.1. The summed E-state index contributed by atoms with van der Waals surface area (Å²) in [5.41, 5.74) is 7.80. The van der Waals surface area contributed by atoms with Crippen molar-refractivity contribution in [2.24, 2.45) is 5.73 Å². The number of hydrogen-bond acceptors (Lipinski definition) is 3. The standard InChI is InChI=1S/C15H16BrNO2/c1-10(17)14-8-12(16)5-6-15(14)19-9-11-3-2-4-13(18)7-11/h2-8,10,18H,9,17H2,1H3/t10-/m0/s1. The fourth-order valence-electron chi connectivity index (χ4n) is 1.81. The number of hydrogen-bond donors (Lipinski definition) is 2. The SMILES string of the molecule is C[C@H](N)c1cc(Br)ccc1OCc1cccc(O)c1. The van der Waals surface area contributed by atoms with Crippen molar-refractivity contribution in [1.82, 2.24) is 0 Å². The Labute approximate surface area is 121 Å². The Morgan fingerprint density at radius 3 is 2.74 bits per heavy atom. The van der Waals surface area contributed by atoms with Gasteiger partial charge in [-0.2, -0.15) is 0 Å². The lowest BCUT2D eigenvalue weighted by Gasteiger charge is -2.14. The molecular formula is C15H16BrNO2. The lowest BCUT2D eigenvalue weighted by molar-refractivity contribution is 0.300. The van der Waals surface area contributed by atoms with Crippen LogP contribution in [0.25, 0.3) is 0 Å². The van der Waals surface area contributed by atoms with E-state index in [1.165, 1.54) is 0 Å². The first kappa shape index (κ1) is 13.9. The minimum Gasteiger partial charge on any atom is -0.508 e. The average molecular weight is 322 g/mol. The number of rotatable bonds is 4. The summed E-state index contributed by atoms with van der Waals surface area (Å²) in [5, 5.41) is 9.41. The van der Waals surface area contributed by atoms with Gasteiger partial charge in [-0.3, -0.25) is 0 Å². The van der Waals surface area contributed by atoms with Gasteiger partial charge in [0, 0.05) is 16.1 Å². The molecule has 4 heteroatoms. The molecule has 19 heavy (non-hydrogen) atoms. The first-order valence-electron chi connectivity index (χ1n) is 6.02. The number of ether oxygens (including phenoxy) is 1. The Morgan fingerprint density at radius 2 is 2.05 bits per heavy atom. The van der Waals surface area contributed by atoms with Gasteiger partial charge in [-0.1, -0.05) is 28.1 Å². The topological polar surface area (TPSA) is 55.5 Å². The van der Waals surface area contributed by atoms with Crippen LogP contribution in [0.15, 0.2) is 46.9 Å². The average Bonchev–Trinajstić information content (AvgIpc) is 2.37. The van der Waals surface area contributed by atoms with Gasteiger partial charge in [-0.05, 0) is 42.8 Å². The summed E-state index contributed by atoms with van der Waals surface area (Å²) in [5.74, 6) is 1.01. The summed E-state index contributed by atoms with van der Waals surface area (Å²) < 4.78 is 6.76. The fourth-order valence-corrected chi connectivity index (χ4v) is 2.19. The van der Waals surface area contributed by atoms with Crippen molar-refractivity contribution in [2.45, 2.75) is 19.6 Å². The van der Waals surface area contributed by atoms with Gasteiger partial charge in [0.05, 0.1) is 0 Å². The van der Waals surface area contributed by atoms with Crippen molar-refractivity contribution in [1.29, 1.82) is 0 Å². The van der Waals surface area contributed by atoms with Crippen molar-refractivity contribution in [3.8, 4) is 11.5 Å². The first-order chi connectivity index (χ1) is 9.06. The first-order valence-corrected chi connectivity index (χ1v) is 6.81. The van der Waals surface area contributed by atoms with E-state index in [1.54, 1.807) is 18.2 Å². The Hall–Kier alpha value is -1.52. The summed E-state index contributed by atoms with van der Waals surface area (Å²) in [4.78, 5) is 0. The molecule has 0 radical (unpaired) electrons. The molecule has 0 amide bonds. The van der Waals surface area contributed by atoms with Gasteiger partial charge in [0.25, 0.3) is 0 Å². The van der Waals surface area contributed by atoms with Crippen molar-refractivity contribution in [3.05, 3.63) is 58.1 Å². The van der Waals surface area contributed by atoms with Gasteiger partial charge in [-0.25, -0.2) is 0 Å². The van der Waals surface area contributed by atoms with E-state index in [2.05, 4.69) is 15.9 Å². The fraction of sp³-hybridized carbons (Fsp3) is 0.200. The van der Waals surface area contributed by atoms with E-state index in [0.717, 1.165) is 21.3 Å². The van der Waals surface area contributed by atoms with E-state index in [0.29, 0.717) is 6.61 Å². The van der Waals surface area contributed by atoms with Gasteiger partial charge in [-0.15, -0.1) is 0 Å². The summed E-state index contributed by atoms with van der Waals surface area (Å²) in [6.07, 6.45) is 0. The molecule has 0 aliphatic carbocycles. The van der Waals surface area contributed by atoms with E-state index in [1.807, 2.05) is 31.2 Å². The molecule has 0 aliphatic rings. The van der Waals surface area contributed by atoms with Crippen LogP contribution in [-0.4, -0.2) is 5.11 Å². The maximum Gasteiger partial charge on any atom is 0.124 e. The van der Waals surface area contributed by atoms with Gasteiger partial charge in [0.1, 0.15) is 18.1 Å². The minimum atomic E-state index is -0.100. The maximum absolute atomic E-state index is 9.41. The molecule has 3 N–H and O–H groups in total. The third-order valence-electron chi connectivity index (χ3n) is 2.77. The number of phenols is 1. The number of phenolic OH excluding ortho intramolecular Hbond substituents is 1. The highest BCUT2D eigenvalue weighted by molar-refractivity contribution is 9.10. The quantitative estimate of drug-likeness (QED) is 0.901. The molecule has 3 nitrogen and oxygen atoms in total. The lowest BCUT2D eigenvalue weighted by Crippen LogP contribution is -2.08. The maximum atomic E-state index is 9.41. The Balaban J connectivity index is 2.15. The molecule has 100 valence electrons. The van der Waals surface area contributed by atoms with Crippen LogP contribution in [0, 0.1) is 0 Å². The number of benzene rings is 2. The zero-order valence-corrected chi connectivity index (χ0v) is 12.2. The molecule has 0 saturated carbocycles. The van der Waals surface area contributed by atoms with Crippen molar-refractivity contribution >= 4 is 15.9 Å². The van der Waals surface area contributed by atoms with Gasteiger partial charge < -0.3 is 15.6 Å². The normalized spacial score (nSPS) is 12.2. The number of aromatic hydroxyl groups is 1. The van der Waals surface area contributed by atoms with Crippen LogP contribution in [0.5, 0.6) is 11.5 Å². The second-order valence-electron chi connectivity index (χ2n) is 4.43. The Bertz CT molecular complexity index is 570. The molecule has 0 saturated heterocycles. The van der Waals surface area contributed by atoms with Crippen molar-refractivity contribution in [3.63, 3.8) is 0 Å². The van der Waals surface area contributed by atoms with Crippen LogP contribution < -0.4 is 10.5 Å². The van der Waals surface area contributed by atoms with E-state index in [4.69, 9.17) is 10.5 Å². The zero-order valence-electron chi connectivity index (χ0n) is 10.6. The van der Waals surface area contributed by atoms with Gasteiger partial charge >= 0.3 is 0 Å². The second kappa shape index (κ2) is 6.08. The summed E-state index contributed by atoms with van der Waals surface area (Å²) in [6.45, 7) is 2.32. The van der Waals surface area contributed by atoms with Gasteiger partial charge in [0.15, 0.2) is 0 Å². The molecule has 0 aliphatic heterocycles. The summed E-state index contributed by atoms with van der Waals surface area (Å²) in [6, 6.07) is 12.7. The molecular weight excluding hydrogens is 306 g/mol. The Kier molecular flexibility index (Phi) is 4.45. The highest BCUT2D eigenvalue weighted by Crippen LogP contribution is 2.28. The minimum absolute atomic E-state index is 0.100. The molecule has 2 aromatic carbocycles. The molecule has 2 rings (SSSR count). The van der Waals surface area contributed by atoms with Crippen LogP contribution in [-0.2, 0) is 6.61 Å². The molecule has 0 heterocycles. The molecule has 0 aromatic heterocycles.